The van der Waals surface area contributed by atoms with E-state index < -0.39 is 131 Å². The van der Waals surface area contributed by atoms with Crippen LogP contribution in [0.3, 0.4) is 0 Å². The van der Waals surface area contributed by atoms with Crippen molar-refractivity contribution >= 4 is 12.9 Å². The summed E-state index contributed by atoms with van der Waals surface area (Å²) in [6, 6.07) is 0. The van der Waals surface area contributed by atoms with Crippen molar-refractivity contribution in [1.82, 2.24) is 0 Å². The fraction of sp³-hybridized carbons (Fsp3) is 0.913. The van der Waals surface area contributed by atoms with Crippen molar-refractivity contribution in [3.05, 3.63) is 0 Å². The Morgan fingerprint density at radius 3 is 2.21 bits per heavy atom. The summed E-state index contributed by atoms with van der Waals surface area (Å²) in [4.78, 5) is 11.4. The first-order valence-electron chi connectivity index (χ1n) is 13.2. The van der Waals surface area contributed by atoms with Crippen LogP contribution >= 0.6 is 0 Å². The van der Waals surface area contributed by atoms with Gasteiger partial charge >= 0.3 is 5.97 Å². The van der Waals surface area contributed by atoms with Crippen LogP contribution in [0.1, 0.15) is 6.42 Å². The molecule has 12 N–H and O–H groups in total. The van der Waals surface area contributed by atoms with Gasteiger partial charge in [0.25, 0.3) is 6.47 Å². The Bertz CT molecular complexity index is 886. The van der Waals surface area contributed by atoms with Gasteiger partial charge in [-0.1, -0.05) is 0 Å². The van der Waals surface area contributed by atoms with Crippen molar-refractivity contribution in [2.24, 2.45) is 5.92 Å². The van der Waals surface area contributed by atoms with Crippen molar-refractivity contribution in [2.45, 2.75) is 98.2 Å². The second kappa shape index (κ2) is 15.5. The Morgan fingerprint density at radius 2 is 1.60 bits per heavy atom. The second-order valence-corrected chi connectivity index (χ2v) is 10.3. The standard InChI is InChI=1S/C23H39NO19/c24-6-37-4-8-9(28)1-23(39-7-27,43-19(8)13(30)10(29)2-25)38-5-12-14(31)15(32)18(35)22(41-12)42-20-11(3-26)40-21(36)17(34)16(20)33/h6-22,24-26,28-36H,1-5H2. The first-order valence-corrected chi connectivity index (χ1v) is 13.2. The zero-order valence-electron chi connectivity index (χ0n) is 22.5. The van der Waals surface area contributed by atoms with Crippen LogP contribution in [-0.4, -0.2) is 187 Å². The number of hydrogen-bond donors (Lipinski definition) is 12. The minimum absolute atomic E-state index is 0.130. The maximum Gasteiger partial charge on any atom is 0.332 e. The van der Waals surface area contributed by atoms with Gasteiger partial charge in [0.2, 0.25) is 0 Å². The van der Waals surface area contributed by atoms with Gasteiger partial charge < -0.3 is 89.3 Å². The summed E-state index contributed by atoms with van der Waals surface area (Å²) in [6.07, 6.45) is -25.0. The fourth-order valence-corrected chi connectivity index (χ4v) is 5.03. The topological polar surface area (TPSA) is 328 Å². The molecule has 0 aliphatic carbocycles. The molecule has 0 spiro atoms. The molecule has 16 atom stereocenters. The highest BCUT2D eigenvalue weighted by molar-refractivity contribution is 5.41. The molecular formula is C23H39NO19. The minimum atomic E-state index is -2.51. The lowest BCUT2D eigenvalue weighted by molar-refractivity contribution is -0.425. The maximum atomic E-state index is 11.4. The number of nitrogens with one attached hydrogen (secondary N) is 1. The average molecular weight is 634 g/mol. The van der Waals surface area contributed by atoms with Crippen LogP contribution < -0.4 is 0 Å². The first kappa shape index (κ1) is 35.8. The van der Waals surface area contributed by atoms with Gasteiger partial charge in [0.05, 0.1) is 39.0 Å². The van der Waals surface area contributed by atoms with Gasteiger partial charge in [0, 0.05) is 5.92 Å². The average Bonchev–Trinajstić information content (AvgIpc) is 2.99. The Labute approximate surface area is 243 Å². The molecule has 20 heteroatoms. The van der Waals surface area contributed by atoms with Crippen molar-refractivity contribution in [2.75, 3.05) is 26.4 Å². The predicted molar refractivity (Wildman–Crippen MR) is 130 cm³/mol. The number of carbonyl (C=O) groups is 1. The van der Waals surface area contributed by atoms with E-state index in [9.17, 15) is 61.0 Å². The SMILES string of the molecule is N=COCC1C(O)CC(OC=O)(OCC2OC(OC3C(CO)OC(O)C(O)C3O)C(O)C(O)C2O)OC1C(O)C(O)CO. The highest BCUT2D eigenvalue weighted by Crippen LogP contribution is 2.38. The molecule has 3 heterocycles. The maximum absolute atomic E-state index is 11.4. The summed E-state index contributed by atoms with van der Waals surface area (Å²) < 4.78 is 37.0. The van der Waals surface area contributed by atoms with E-state index in [0.717, 1.165) is 0 Å². The number of aliphatic hydroxyl groups is 11. The normalized spacial score (nSPS) is 45.1. The Kier molecular flexibility index (Phi) is 12.9. The lowest BCUT2D eigenvalue weighted by atomic mass is 9.86. The van der Waals surface area contributed by atoms with Crippen molar-refractivity contribution in [3.8, 4) is 0 Å². The molecule has 3 rings (SSSR count). The van der Waals surface area contributed by atoms with Crippen LogP contribution in [0.5, 0.6) is 0 Å². The molecule has 3 aliphatic heterocycles. The monoisotopic (exact) mass is 633 g/mol. The highest BCUT2D eigenvalue weighted by atomic mass is 16.9. The summed E-state index contributed by atoms with van der Waals surface area (Å²) in [5.74, 6) is -3.66. The Balaban J connectivity index is 1.79. The zero-order valence-corrected chi connectivity index (χ0v) is 22.5. The quantitative estimate of drug-likeness (QED) is 0.0366. The highest BCUT2D eigenvalue weighted by Gasteiger charge is 2.55. The number of hydrogen-bond acceptors (Lipinski definition) is 20. The lowest BCUT2D eigenvalue weighted by Gasteiger charge is -2.48. The molecule has 16 unspecified atom stereocenters. The predicted octanol–water partition coefficient (Wildman–Crippen LogP) is -7.44. The van der Waals surface area contributed by atoms with Crippen LogP contribution in [-0.2, 0) is 38.0 Å². The lowest BCUT2D eigenvalue weighted by Crippen LogP contribution is -2.65. The number of ether oxygens (including phenoxy) is 7. The van der Waals surface area contributed by atoms with Gasteiger partial charge in [-0.15, -0.1) is 0 Å². The molecule has 0 radical (unpaired) electrons. The van der Waals surface area contributed by atoms with E-state index >= 15 is 0 Å². The molecule has 0 aromatic heterocycles. The van der Waals surface area contributed by atoms with E-state index in [1.54, 1.807) is 0 Å². The molecule has 0 aromatic rings. The summed E-state index contributed by atoms with van der Waals surface area (Å²) in [5.41, 5.74) is 0. The van der Waals surface area contributed by atoms with E-state index in [-0.39, 0.29) is 6.47 Å². The van der Waals surface area contributed by atoms with E-state index in [1.165, 1.54) is 0 Å². The third-order valence-electron chi connectivity index (χ3n) is 7.48. The summed E-state index contributed by atoms with van der Waals surface area (Å²) in [6.45, 7) is -3.12. The van der Waals surface area contributed by atoms with E-state index in [1.807, 2.05) is 0 Å². The molecule has 0 amide bonds. The summed E-state index contributed by atoms with van der Waals surface area (Å²) in [5, 5.41) is 119. The van der Waals surface area contributed by atoms with Gasteiger partial charge in [-0.3, -0.25) is 10.2 Å². The zero-order chi connectivity index (χ0) is 32.1. The third kappa shape index (κ3) is 7.94. The van der Waals surface area contributed by atoms with Gasteiger partial charge in [-0.25, -0.2) is 0 Å². The van der Waals surface area contributed by atoms with Crippen LogP contribution in [0, 0.1) is 11.3 Å². The molecule has 0 bridgehead atoms. The third-order valence-corrected chi connectivity index (χ3v) is 7.48. The largest absolute Gasteiger partial charge is 0.483 e. The van der Waals surface area contributed by atoms with E-state index in [0.29, 0.717) is 6.40 Å². The number of aliphatic hydroxyl groups excluding tert-OH is 11. The summed E-state index contributed by atoms with van der Waals surface area (Å²) >= 11 is 0. The van der Waals surface area contributed by atoms with Gasteiger partial charge in [0.1, 0.15) is 67.1 Å². The minimum Gasteiger partial charge on any atom is -0.483 e. The Morgan fingerprint density at radius 1 is 0.907 bits per heavy atom. The molecule has 3 aliphatic rings. The van der Waals surface area contributed by atoms with Gasteiger partial charge in [0.15, 0.2) is 19.0 Å². The molecule has 250 valence electrons. The van der Waals surface area contributed by atoms with Crippen LogP contribution in [0.25, 0.3) is 0 Å². The molecule has 43 heavy (non-hydrogen) atoms. The molecular weight excluding hydrogens is 594 g/mol. The van der Waals surface area contributed by atoms with E-state index in [4.69, 9.17) is 38.6 Å². The van der Waals surface area contributed by atoms with Crippen LogP contribution in [0.15, 0.2) is 0 Å². The number of carbonyl (C=O) groups excluding carboxylic acids is 1. The van der Waals surface area contributed by atoms with Gasteiger partial charge in [-0.05, 0) is 0 Å². The smallest absolute Gasteiger partial charge is 0.332 e. The van der Waals surface area contributed by atoms with Gasteiger partial charge in [-0.2, -0.15) is 0 Å². The molecule has 3 saturated heterocycles. The number of rotatable bonds is 14. The first-order chi connectivity index (χ1) is 20.3. The second-order valence-electron chi connectivity index (χ2n) is 10.3. The Hall–Kier alpha value is -1.70. The molecule has 20 nitrogen and oxygen atoms in total. The molecule has 3 fully saturated rings. The van der Waals surface area contributed by atoms with Crippen LogP contribution in [0.4, 0.5) is 0 Å². The molecule has 0 saturated carbocycles. The van der Waals surface area contributed by atoms with Crippen molar-refractivity contribution in [3.63, 3.8) is 0 Å². The van der Waals surface area contributed by atoms with Crippen LogP contribution in [0.2, 0.25) is 0 Å². The van der Waals surface area contributed by atoms with Crippen molar-refractivity contribution < 1.29 is 94.1 Å². The molecule has 0 aromatic carbocycles. The van der Waals surface area contributed by atoms with E-state index in [2.05, 4.69) is 0 Å². The van der Waals surface area contributed by atoms with Crippen molar-refractivity contribution in [1.29, 1.82) is 5.41 Å². The fourth-order valence-electron chi connectivity index (χ4n) is 5.03. The summed E-state index contributed by atoms with van der Waals surface area (Å²) in [7, 11) is 0.